The van der Waals surface area contributed by atoms with E-state index in [2.05, 4.69) is 44.0 Å². The maximum atomic E-state index is 6.13. The van der Waals surface area contributed by atoms with Gasteiger partial charge in [0.25, 0.3) is 0 Å². The summed E-state index contributed by atoms with van der Waals surface area (Å²) in [6, 6.07) is 9.91. The number of benzene rings is 1. The van der Waals surface area contributed by atoms with Crippen LogP contribution in [0.15, 0.2) is 36.5 Å². The quantitative estimate of drug-likeness (QED) is 0.512. The Morgan fingerprint density at radius 1 is 1.14 bits per heavy atom. The maximum Gasteiger partial charge on any atom is 0.174 e. The second-order valence-electron chi connectivity index (χ2n) is 6.67. The number of nitrogen functional groups attached to an aromatic ring is 1. The molecule has 0 spiro atoms. The average molecular weight is 377 g/mol. The Morgan fingerprint density at radius 2 is 1.96 bits per heavy atom. The number of H-pyrrole nitrogens is 1. The number of unbranched alkanes of at least 4 members (excludes halogenated alkanes) is 1. The molecule has 0 aliphatic heterocycles. The van der Waals surface area contributed by atoms with E-state index in [0.717, 1.165) is 47.6 Å². The van der Waals surface area contributed by atoms with Crippen molar-refractivity contribution >= 4 is 16.9 Å². The van der Waals surface area contributed by atoms with E-state index in [-0.39, 0.29) is 0 Å². The van der Waals surface area contributed by atoms with E-state index in [1.54, 1.807) is 13.3 Å². The first-order valence-electron chi connectivity index (χ1n) is 9.35. The molecule has 3 N–H and O–H groups in total. The number of fused-ring (bicyclic) bond motifs is 1. The lowest BCUT2D eigenvalue weighted by atomic mass is 10.2. The zero-order chi connectivity index (χ0) is 19.5. The fourth-order valence-corrected chi connectivity index (χ4v) is 3.30. The van der Waals surface area contributed by atoms with Crippen LogP contribution in [0, 0.1) is 0 Å². The molecular formula is C20H23N7O. The average Bonchev–Trinajstić information content (AvgIpc) is 3.37. The molecule has 3 heterocycles. The third-order valence-electron chi connectivity index (χ3n) is 4.78. The highest BCUT2D eigenvalue weighted by atomic mass is 16.5. The zero-order valence-corrected chi connectivity index (χ0v) is 16.0. The number of anilines is 1. The summed E-state index contributed by atoms with van der Waals surface area (Å²) in [6.07, 6.45) is 4.70. The van der Waals surface area contributed by atoms with E-state index >= 15 is 0 Å². The predicted octanol–water partition coefficient (Wildman–Crippen LogP) is 3.20. The van der Waals surface area contributed by atoms with Crippen LogP contribution in [0.25, 0.3) is 22.4 Å². The van der Waals surface area contributed by atoms with Gasteiger partial charge in [0.15, 0.2) is 5.82 Å². The number of aromatic amines is 1. The van der Waals surface area contributed by atoms with Gasteiger partial charge in [-0.2, -0.15) is 5.10 Å². The molecule has 1 aromatic carbocycles. The summed E-state index contributed by atoms with van der Waals surface area (Å²) in [7, 11) is 1.67. The molecule has 0 bridgehead atoms. The molecule has 0 atom stereocenters. The van der Waals surface area contributed by atoms with Crippen molar-refractivity contribution in [1.29, 1.82) is 0 Å². The minimum absolute atomic E-state index is 0.337. The van der Waals surface area contributed by atoms with Gasteiger partial charge in [-0.25, -0.2) is 4.98 Å². The molecule has 8 nitrogen and oxygen atoms in total. The van der Waals surface area contributed by atoms with Crippen LogP contribution in [-0.4, -0.2) is 37.1 Å². The Kier molecular flexibility index (Phi) is 4.92. The number of hydrogen-bond donors (Lipinski definition) is 2. The summed E-state index contributed by atoms with van der Waals surface area (Å²) in [6.45, 7) is 2.83. The van der Waals surface area contributed by atoms with Gasteiger partial charge in [0.05, 0.1) is 12.8 Å². The highest BCUT2D eigenvalue weighted by Gasteiger charge is 2.20. The molecule has 0 saturated heterocycles. The Hall–Kier alpha value is -3.42. The van der Waals surface area contributed by atoms with Crippen molar-refractivity contribution in [3.05, 3.63) is 47.9 Å². The first-order chi connectivity index (χ1) is 13.7. The van der Waals surface area contributed by atoms with Gasteiger partial charge in [-0.15, -0.1) is 10.2 Å². The van der Waals surface area contributed by atoms with Gasteiger partial charge in [-0.1, -0.05) is 25.5 Å². The first kappa shape index (κ1) is 18.0. The number of hydrogen-bond acceptors (Lipinski definition) is 6. The fraction of sp³-hybridized carbons (Fsp3) is 0.300. The van der Waals surface area contributed by atoms with Crippen LogP contribution >= 0.6 is 0 Å². The van der Waals surface area contributed by atoms with E-state index in [1.165, 1.54) is 0 Å². The molecule has 8 heteroatoms. The van der Waals surface area contributed by atoms with E-state index in [1.807, 2.05) is 18.2 Å². The summed E-state index contributed by atoms with van der Waals surface area (Å²) >= 11 is 0. The minimum atomic E-state index is 0.337. The van der Waals surface area contributed by atoms with Gasteiger partial charge in [-0.3, -0.25) is 5.10 Å². The zero-order valence-electron chi connectivity index (χ0n) is 16.0. The Bertz CT molecular complexity index is 1070. The fourth-order valence-electron chi connectivity index (χ4n) is 3.30. The lowest BCUT2D eigenvalue weighted by Crippen LogP contribution is -2.07. The van der Waals surface area contributed by atoms with Gasteiger partial charge in [-0.05, 0) is 30.2 Å². The molecule has 144 valence electrons. The number of imidazole rings is 1. The highest BCUT2D eigenvalue weighted by Crippen LogP contribution is 2.30. The van der Waals surface area contributed by atoms with Crippen molar-refractivity contribution in [3.63, 3.8) is 0 Å². The standard InChI is InChI=1S/C20H23N7O/c1-3-4-5-16-23-18-19(17(25-26-20(18)21)15-10-11-22-24-15)27(16)12-13-6-8-14(28-2)9-7-13/h6-11H,3-5,12H2,1-2H3,(H2,21,26)(H,22,24). The van der Waals surface area contributed by atoms with Crippen LogP contribution in [0.1, 0.15) is 31.2 Å². The summed E-state index contributed by atoms with van der Waals surface area (Å²) in [5, 5.41) is 15.5. The number of rotatable bonds is 7. The molecule has 4 rings (SSSR count). The second-order valence-corrected chi connectivity index (χ2v) is 6.67. The molecule has 0 aliphatic rings. The van der Waals surface area contributed by atoms with Crippen LogP contribution in [0.5, 0.6) is 5.75 Å². The monoisotopic (exact) mass is 377 g/mol. The minimum Gasteiger partial charge on any atom is -0.497 e. The van der Waals surface area contributed by atoms with Crippen molar-refractivity contribution in [2.75, 3.05) is 12.8 Å². The van der Waals surface area contributed by atoms with Crippen LogP contribution in [-0.2, 0) is 13.0 Å². The van der Waals surface area contributed by atoms with Crippen LogP contribution < -0.4 is 10.5 Å². The SMILES string of the molecule is CCCCc1nc2c(N)nnc(-c3ccn[nH]3)c2n1Cc1ccc(OC)cc1. The molecule has 0 amide bonds. The van der Waals surface area contributed by atoms with Gasteiger partial charge in [0, 0.05) is 19.2 Å². The summed E-state index contributed by atoms with van der Waals surface area (Å²) in [5.74, 6) is 2.15. The Balaban J connectivity index is 1.88. The molecule has 0 saturated carbocycles. The molecule has 0 unspecified atom stereocenters. The number of nitrogens with one attached hydrogen (secondary N) is 1. The van der Waals surface area contributed by atoms with Crippen LogP contribution in [0.3, 0.4) is 0 Å². The number of methoxy groups -OCH3 is 1. The van der Waals surface area contributed by atoms with Gasteiger partial charge < -0.3 is 15.0 Å². The third kappa shape index (κ3) is 3.28. The summed E-state index contributed by atoms with van der Waals surface area (Å²) in [5.41, 5.74) is 10.3. The lowest BCUT2D eigenvalue weighted by molar-refractivity contribution is 0.414. The van der Waals surface area contributed by atoms with Crippen LogP contribution in [0.4, 0.5) is 5.82 Å². The smallest absolute Gasteiger partial charge is 0.174 e. The van der Waals surface area contributed by atoms with Crippen molar-refractivity contribution in [2.45, 2.75) is 32.7 Å². The van der Waals surface area contributed by atoms with E-state index in [9.17, 15) is 0 Å². The summed E-state index contributed by atoms with van der Waals surface area (Å²) in [4.78, 5) is 4.83. The molecule has 0 radical (unpaired) electrons. The van der Waals surface area contributed by atoms with E-state index < -0.39 is 0 Å². The van der Waals surface area contributed by atoms with Crippen molar-refractivity contribution in [2.24, 2.45) is 0 Å². The van der Waals surface area contributed by atoms with Crippen LogP contribution in [0.2, 0.25) is 0 Å². The highest BCUT2D eigenvalue weighted by molar-refractivity contribution is 5.94. The molecule has 28 heavy (non-hydrogen) atoms. The number of ether oxygens (including phenoxy) is 1. The first-order valence-corrected chi connectivity index (χ1v) is 9.35. The second kappa shape index (κ2) is 7.67. The normalized spacial score (nSPS) is 11.2. The van der Waals surface area contributed by atoms with Crippen molar-refractivity contribution in [1.82, 2.24) is 29.9 Å². The molecule has 0 aliphatic carbocycles. The van der Waals surface area contributed by atoms with Crippen molar-refractivity contribution < 1.29 is 4.74 Å². The lowest BCUT2D eigenvalue weighted by Gasteiger charge is -2.11. The van der Waals surface area contributed by atoms with Gasteiger partial charge in [0.2, 0.25) is 0 Å². The van der Waals surface area contributed by atoms with Gasteiger partial charge >= 0.3 is 0 Å². The molecular weight excluding hydrogens is 354 g/mol. The number of nitrogens with zero attached hydrogens (tertiary/aromatic N) is 5. The van der Waals surface area contributed by atoms with Crippen molar-refractivity contribution in [3.8, 4) is 17.1 Å². The number of aryl methyl sites for hydroxylation is 1. The Labute approximate surface area is 162 Å². The van der Waals surface area contributed by atoms with Gasteiger partial charge in [0.1, 0.15) is 28.3 Å². The number of nitrogens with two attached hydrogens (primary N) is 1. The maximum absolute atomic E-state index is 6.13. The molecule has 3 aromatic heterocycles. The molecule has 4 aromatic rings. The number of aromatic nitrogens is 6. The molecule has 0 fully saturated rings. The Morgan fingerprint density at radius 3 is 2.64 bits per heavy atom. The third-order valence-corrected chi connectivity index (χ3v) is 4.78. The van der Waals surface area contributed by atoms with E-state index in [4.69, 9.17) is 15.5 Å². The summed E-state index contributed by atoms with van der Waals surface area (Å²) < 4.78 is 7.46. The van der Waals surface area contributed by atoms with E-state index in [0.29, 0.717) is 23.6 Å². The topological polar surface area (TPSA) is 108 Å². The largest absolute Gasteiger partial charge is 0.497 e. The predicted molar refractivity (Wildman–Crippen MR) is 108 cm³/mol.